The lowest BCUT2D eigenvalue weighted by Crippen LogP contribution is -2.61. The summed E-state index contributed by atoms with van der Waals surface area (Å²) < 4.78 is 4.96. The minimum Gasteiger partial charge on any atom is -0.465 e. The summed E-state index contributed by atoms with van der Waals surface area (Å²) >= 11 is 1.66. The number of likely N-dealkylation sites (tertiary alicyclic amines) is 1. The van der Waals surface area contributed by atoms with Crippen molar-refractivity contribution in [1.29, 1.82) is 0 Å². The standard InChI is InChI=1S/C30H48N2O5S/c1-8-12-13-16-37-29(36)24-23-17-20(6)30(38-23)25(24)27(34)32(22(18-33)19(5)11-4)26(30)28(35)31(15-10-3)21(7)14-9-2/h8,10,19-26,33H,1,3,9,11-18H2,2,4-7H3/t19-,20?,21?,22-,23+,24-,25-,26?,30?/m0/s1. The molecule has 2 amide bonds. The molecule has 214 valence electrons. The van der Waals surface area contributed by atoms with Crippen LogP contribution in [0.1, 0.15) is 73.1 Å². The molecule has 0 aromatic rings. The number of unbranched alkanes of at least 4 members (excludes halogenated alkanes) is 1. The van der Waals surface area contributed by atoms with Crippen molar-refractivity contribution in [1.82, 2.24) is 9.80 Å². The Morgan fingerprint density at radius 2 is 2.00 bits per heavy atom. The van der Waals surface area contributed by atoms with Gasteiger partial charge in [-0.25, -0.2) is 0 Å². The summed E-state index contributed by atoms with van der Waals surface area (Å²) in [5.74, 6) is -1.76. The fourth-order valence-corrected chi connectivity index (χ4v) is 9.42. The van der Waals surface area contributed by atoms with Crippen LogP contribution in [0.4, 0.5) is 0 Å². The zero-order valence-electron chi connectivity index (χ0n) is 23.9. The van der Waals surface area contributed by atoms with Gasteiger partial charge in [0.1, 0.15) is 6.04 Å². The first-order valence-corrected chi connectivity index (χ1v) is 15.3. The Morgan fingerprint density at radius 1 is 1.29 bits per heavy atom. The Kier molecular flexibility index (Phi) is 10.5. The van der Waals surface area contributed by atoms with Gasteiger partial charge in [-0.2, -0.15) is 0 Å². The highest BCUT2D eigenvalue weighted by molar-refractivity contribution is 8.02. The zero-order valence-corrected chi connectivity index (χ0v) is 24.8. The quantitative estimate of drug-likeness (QED) is 0.185. The van der Waals surface area contributed by atoms with Gasteiger partial charge in [-0.1, -0.05) is 52.7 Å². The predicted octanol–water partition coefficient (Wildman–Crippen LogP) is 4.44. The number of amides is 2. The van der Waals surface area contributed by atoms with Crippen molar-refractivity contribution in [3.63, 3.8) is 0 Å². The molecule has 3 aliphatic heterocycles. The smallest absolute Gasteiger partial charge is 0.310 e. The lowest BCUT2D eigenvalue weighted by molar-refractivity contribution is -0.155. The van der Waals surface area contributed by atoms with E-state index in [0.717, 1.165) is 32.1 Å². The first kappa shape index (κ1) is 30.7. The van der Waals surface area contributed by atoms with E-state index in [1.165, 1.54) is 0 Å². The van der Waals surface area contributed by atoms with E-state index in [2.05, 4.69) is 27.0 Å². The van der Waals surface area contributed by atoms with Gasteiger partial charge >= 0.3 is 5.97 Å². The van der Waals surface area contributed by atoms with E-state index in [0.29, 0.717) is 19.6 Å². The minimum atomic E-state index is -0.742. The first-order valence-electron chi connectivity index (χ1n) is 14.5. The SMILES string of the molecule is C=CCCCOC(=O)[C@@H]1[C@H]2C(=O)N([C@@H](CO)[C@@H](C)CC)C(C(=O)N(CC=C)C(C)CCC)C23S[C@@H]1CC3C. The maximum atomic E-state index is 14.6. The second-order valence-electron chi connectivity index (χ2n) is 11.4. The molecule has 0 aromatic carbocycles. The van der Waals surface area contributed by atoms with Crippen LogP contribution in [-0.2, 0) is 19.1 Å². The number of nitrogens with zero attached hydrogens (tertiary/aromatic N) is 2. The van der Waals surface area contributed by atoms with Crippen molar-refractivity contribution in [2.24, 2.45) is 23.7 Å². The van der Waals surface area contributed by atoms with Crippen molar-refractivity contribution >= 4 is 29.5 Å². The Hall–Kier alpha value is -1.80. The fourth-order valence-electron chi connectivity index (χ4n) is 7.03. The second-order valence-corrected chi connectivity index (χ2v) is 13.0. The number of hydrogen-bond acceptors (Lipinski definition) is 6. The lowest BCUT2D eigenvalue weighted by Gasteiger charge is -2.44. The van der Waals surface area contributed by atoms with Gasteiger partial charge in [-0.05, 0) is 44.4 Å². The number of allylic oxidation sites excluding steroid dienone is 1. The van der Waals surface area contributed by atoms with Crippen LogP contribution in [0.15, 0.2) is 25.3 Å². The van der Waals surface area contributed by atoms with Crippen LogP contribution in [0.25, 0.3) is 0 Å². The summed E-state index contributed by atoms with van der Waals surface area (Å²) in [6.07, 6.45) is 8.29. The number of rotatable bonds is 15. The van der Waals surface area contributed by atoms with Crippen molar-refractivity contribution in [3.8, 4) is 0 Å². The van der Waals surface area contributed by atoms with Gasteiger partial charge in [0.15, 0.2) is 0 Å². The number of fused-ring (bicyclic) bond motifs is 1. The number of aliphatic hydroxyl groups excluding tert-OH is 1. The summed E-state index contributed by atoms with van der Waals surface area (Å²) in [5.41, 5.74) is 0. The summed E-state index contributed by atoms with van der Waals surface area (Å²) in [6, 6.07) is -1.25. The van der Waals surface area contributed by atoms with E-state index < -0.39 is 28.7 Å². The highest BCUT2D eigenvalue weighted by Gasteiger charge is 2.77. The Labute approximate surface area is 233 Å². The van der Waals surface area contributed by atoms with Crippen LogP contribution in [0.2, 0.25) is 0 Å². The Balaban J connectivity index is 2.09. The molecule has 7 nitrogen and oxygen atoms in total. The number of ether oxygens (including phenoxy) is 1. The molecule has 38 heavy (non-hydrogen) atoms. The van der Waals surface area contributed by atoms with Gasteiger partial charge in [-0.15, -0.1) is 24.9 Å². The third kappa shape index (κ3) is 5.19. The molecule has 1 N–H and O–H groups in total. The normalized spacial score (nSPS) is 32.0. The van der Waals surface area contributed by atoms with E-state index in [-0.39, 0.29) is 47.5 Å². The Morgan fingerprint density at radius 3 is 2.58 bits per heavy atom. The lowest BCUT2D eigenvalue weighted by atomic mass is 9.66. The number of esters is 1. The zero-order chi connectivity index (χ0) is 28.2. The van der Waals surface area contributed by atoms with Gasteiger partial charge < -0.3 is 19.6 Å². The van der Waals surface area contributed by atoms with Crippen molar-refractivity contribution < 1.29 is 24.2 Å². The first-order chi connectivity index (χ1) is 18.2. The molecule has 0 aliphatic carbocycles. The maximum Gasteiger partial charge on any atom is 0.310 e. The summed E-state index contributed by atoms with van der Waals surface area (Å²) in [5, 5.41) is 10.5. The number of hydrogen-bond donors (Lipinski definition) is 1. The second kappa shape index (κ2) is 13.0. The number of aliphatic hydroxyl groups is 1. The van der Waals surface area contributed by atoms with E-state index in [1.54, 1.807) is 28.8 Å². The third-order valence-electron chi connectivity index (χ3n) is 9.18. The Bertz CT molecular complexity index is 896. The molecule has 0 aromatic heterocycles. The van der Waals surface area contributed by atoms with Gasteiger partial charge in [0.2, 0.25) is 11.8 Å². The topological polar surface area (TPSA) is 87.1 Å². The maximum absolute atomic E-state index is 14.6. The molecular formula is C30H48N2O5S. The van der Waals surface area contributed by atoms with E-state index in [9.17, 15) is 19.5 Å². The van der Waals surface area contributed by atoms with Gasteiger partial charge in [0.25, 0.3) is 0 Å². The summed E-state index contributed by atoms with van der Waals surface area (Å²) in [4.78, 5) is 46.0. The molecule has 3 aliphatic rings. The molecule has 3 saturated heterocycles. The largest absolute Gasteiger partial charge is 0.465 e. The average molecular weight is 549 g/mol. The molecule has 0 saturated carbocycles. The van der Waals surface area contributed by atoms with Gasteiger partial charge in [0, 0.05) is 17.8 Å². The van der Waals surface area contributed by atoms with Crippen molar-refractivity contribution in [3.05, 3.63) is 25.3 Å². The summed E-state index contributed by atoms with van der Waals surface area (Å²) in [6.45, 7) is 18.4. The number of thioether (sulfide) groups is 1. The molecule has 0 radical (unpaired) electrons. The van der Waals surface area contributed by atoms with Crippen LogP contribution in [-0.4, -0.2) is 80.6 Å². The molecule has 3 heterocycles. The van der Waals surface area contributed by atoms with E-state index >= 15 is 0 Å². The van der Waals surface area contributed by atoms with Crippen LogP contribution in [0, 0.1) is 23.7 Å². The molecule has 8 heteroatoms. The highest BCUT2D eigenvalue weighted by atomic mass is 32.2. The van der Waals surface area contributed by atoms with Gasteiger partial charge in [0.05, 0.1) is 35.8 Å². The highest BCUT2D eigenvalue weighted by Crippen LogP contribution is 2.69. The van der Waals surface area contributed by atoms with Crippen LogP contribution in [0.3, 0.4) is 0 Å². The molecule has 4 unspecified atom stereocenters. The molecule has 3 fully saturated rings. The van der Waals surface area contributed by atoms with Crippen LogP contribution >= 0.6 is 11.8 Å². The van der Waals surface area contributed by atoms with Crippen LogP contribution < -0.4 is 0 Å². The monoisotopic (exact) mass is 548 g/mol. The molecule has 3 rings (SSSR count). The molecule has 2 bridgehead atoms. The van der Waals surface area contributed by atoms with Crippen molar-refractivity contribution in [2.45, 2.75) is 101 Å². The predicted molar refractivity (Wildman–Crippen MR) is 153 cm³/mol. The molecule has 1 spiro atoms. The van der Waals surface area contributed by atoms with Crippen LogP contribution in [0.5, 0.6) is 0 Å². The molecule has 9 atom stereocenters. The summed E-state index contributed by atoms with van der Waals surface area (Å²) in [7, 11) is 0. The number of carbonyl (C=O) groups excluding carboxylic acids is 3. The van der Waals surface area contributed by atoms with E-state index in [4.69, 9.17) is 4.74 Å². The minimum absolute atomic E-state index is 0.00259. The molecular weight excluding hydrogens is 500 g/mol. The van der Waals surface area contributed by atoms with Crippen molar-refractivity contribution in [2.75, 3.05) is 19.8 Å². The average Bonchev–Trinajstić information content (AvgIpc) is 3.49. The van der Waals surface area contributed by atoms with E-state index in [1.807, 2.05) is 25.7 Å². The third-order valence-corrected chi connectivity index (χ3v) is 11.3. The number of carbonyl (C=O) groups is 3. The van der Waals surface area contributed by atoms with Gasteiger partial charge in [-0.3, -0.25) is 14.4 Å². The fraction of sp³-hybridized carbons (Fsp3) is 0.767.